The third-order valence-electron chi connectivity index (χ3n) is 3.86. The summed E-state index contributed by atoms with van der Waals surface area (Å²) in [7, 11) is 0. The maximum Gasteiger partial charge on any atom is 0.243 e. The summed E-state index contributed by atoms with van der Waals surface area (Å²) in [5.41, 5.74) is 8.13. The van der Waals surface area contributed by atoms with E-state index in [-0.39, 0.29) is 5.91 Å². The molecular formula is C18H22N2O. The van der Waals surface area contributed by atoms with Crippen LogP contribution >= 0.6 is 0 Å². The predicted molar refractivity (Wildman–Crippen MR) is 87.2 cm³/mol. The highest BCUT2D eigenvalue weighted by Crippen LogP contribution is 2.23. The van der Waals surface area contributed by atoms with Crippen molar-refractivity contribution >= 4 is 11.6 Å². The average molecular weight is 282 g/mol. The summed E-state index contributed by atoms with van der Waals surface area (Å²) >= 11 is 0. The molecule has 0 saturated carbocycles. The van der Waals surface area contributed by atoms with Crippen LogP contribution in [0.15, 0.2) is 54.6 Å². The fourth-order valence-electron chi connectivity index (χ4n) is 2.44. The number of hydrogen-bond acceptors (Lipinski definition) is 2. The van der Waals surface area contributed by atoms with Crippen molar-refractivity contribution in [2.75, 3.05) is 5.32 Å². The summed E-state index contributed by atoms with van der Waals surface area (Å²) in [6.45, 7) is 4.02. The van der Waals surface area contributed by atoms with E-state index in [2.05, 4.69) is 5.32 Å². The van der Waals surface area contributed by atoms with Gasteiger partial charge in [0.1, 0.15) is 5.54 Å². The van der Waals surface area contributed by atoms with E-state index in [1.807, 2.05) is 68.4 Å². The molecular weight excluding hydrogens is 260 g/mol. The lowest BCUT2D eigenvalue weighted by atomic mass is 9.87. The van der Waals surface area contributed by atoms with Gasteiger partial charge in [-0.25, -0.2) is 0 Å². The van der Waals surface area contributed by atoms with Crippen molar-refractivity contribution in [3.8, 4) is 0 Å². The number of rotatable bonds is 6. The van der Waals surface area contributed by atoms with Gasteiger partial charge in [-0.1, -0.05) is 55.0 Å². The first-order valence-corrected chi connectivity index (χ1v) is 7.24. The van der Waals surface area contributed by atoms with Gasteiger partial charge in [0, 0.05) is 12.1 Å². The fraction of sp³-hybridized carbons (Fsp3) is 0.278. The first-order chi connectivity index (χ1) is 10.1. The maximum absolute atomic E-state index is 12.1. The molecule has 1 atom stereocenters. The first-order valence-electron chi connectivity index (χ1n) is 7.24. The van der Waals surface area contributed by atoms with Gasteiger partial charge in [0.05, 0.1) is 0 Å². The summed E-state index contributed by atoms with van der Waals surface area (Å²) < 4.78 is 0. The van der Waals surface area contributed by atoms with E-state index < -0.39 is 5.54 Å². The molecule has 2 aromatic rings. The Balaban J connectivity index is 2.28. The Bertz CT molecular complexity index is 592. The highest BCUT2D eigenvalue weighted by atomic mass is 16.1. The second kappa shape index (κ2) is 6.44. The second-order valence-electron chi connectivity index (χ2n) is 5.45. The lowest BCUT2D eigenvalue weighted by Gasteiger charge is -2.32. The van der Waals surface area contributed by atoms with Gasteiger partial charge in [-0.3, -0.25) is 4.79 Å². The molecule has 2 aromatic carbocycles. The van der Waals surface area contributed by atoms with E-state index in [9.17, 15) is 4.79 Å². The van der Waals surface area contributed by atoms with Gasteiger partial charge >= 0.3 is 0 Å². The van der Waals surface area contributed by atoms with Crippen LogP contribution in [-0.4, -0.2) is 11.4 Å². The standard InChI is InChI=1S/C18H22N2O/c1-3-18(17(19)21,13-15-7-5-4-6-8-15)20-16-11-9-14(2)10-12-16/h4-12,20H,3,13H2,1-2H3,(H2,19,21). The van der Waals surface area contributed by atoms with Gasteiger partial charge in [0.25, 0.3) is 0 Å². The van der Waals surface area contributed by atoms with Crippen LogP contribution in [0.1, 0.15) is 24.5 Å². The molecule has 0 aromatic heterocycles. The summed E-state index contributed by atoms with van der Waals surface area (Å²) in [5, 5.41) is 3.34. The Morgan fingerprint density at radius 3 is 2.24 bits per heavy atom. The molecule has 0 aliphatic heterocycles. The van der Waals surface area contributed by atoms with Crippen molar-refractivity contribution in [3.63, 3.8) is 0 Å². The van der Waals surface area contributed by atoms with Gasteiger partial charge in [-0.05, 0) is 31.0 Å². The van der Waals surface area contributed by atoms with Crippen molar-refractivity contribution in [2.45, 2.75) is 32.2 Å². The number of nitrogens with two attached hydrogens (primary N) is 1. The summed E-state index contributed by atoms with van der Waals surface area (Å²) in [4.78, 5) is 12.1. The number of primary amides is 1. The molecule has 0 aliphatic carbocycles. The first kappa shape index (κ1) is 15.1. The van der Waals surface area contributed by atoms with E-state index >= 15 is 0 Å². The number of nitrogens with one attached hydrogen (secondary N) is 1. The largest absolute Gasteiger partial charge is 0.371 e. The monoisotopic (exact) mass is 282 g/mol. The molecule has 0 heterocycles. The van der Waals surface area contributed by atoms with Crippen LogP contribution in [0.4, 0.5) is 5.69 Å². The Morgan fingerprint density at radius 2 is 1.71 bits per heavy atom. The van der Waals surface area contributed by atoms with E-state index in [4.69, 9.17) is 5.73 Å². The minimum absolute atomic E-state index is 0.325. The van der Waals surface area contributed by atoms with Gasteiger partial charge < -0.3 is 11.1 Å². The number of aryl methyl sites for hydroxylation is 1. The smallest absolute Gasteiger partial charge is 0.243 e. The Kier molecular flexibility index (Phi) is 4.63. The molecule has 3 nitrogen and oxygen atoms in total. The zero-order valence-electron chi connectivity index (χ0n) is 12.6. The summed E-state index contributed by atoms with van der Waals surface area (Å²) in [5.74, 6) is -0.325. The fourth-order valence-corrected chi connectivity index (χ4v) is 2.44. The number of carbonyl (C=O) groups excluding carboxylic acids is 1. The van der Waals surface area contributed by atoms with Crippen LogP contribution in [0.5, 0.6) is 0 Å². The van der Waals surface area contributed by atoms with Crippen LogP contribution in [0.3, 0.4) is 0 Å². The molecule has 1 unspecified atom stereocenters. The van der Waals surface area contributed by atoms with Gasteiger partial charge in [0.15, 0.2) is 0 Å². The molecule has 21 heavy (non-hydrogen) atoms. The number of amides is 1. The molecule has 0 aliphatic rings. The molecule has 0 bridgehead atoms. The second-order valence-corrected chi connectivity index (χ2v) is 5.45. The minimum atomic E-state index is -0.767. The Hall–Kier alpha value is -2.29. The van der Waals surface area contributed by atoms with Crippen molar-refractivity contribution in [3.05, 3.63) is 65.7 Å². The number of benzene rings is 2. The predicted octanol–water partition coefficient (Wildman–Crippen LogP) is 3.28. The van der Waals surface area contributed by atoms with Crippen molar-refractivity contribution < 1.29 is 4.79 Å². The van der Waals surface area contributed by atoms with Gasteiger partial charge in [-0.2, -0.15) is 0 Å². The molecule has 2 rings (SSSR count). The summed E-state index contributed by atoms with van der Waals surface area (Å²) in [6.07, 6.45) is 1.21. The number of carbonyl (C=O) groups is 1. The SMILES string of the molecule is CCC(Cc1ccccc1)(Nc1ccc(C)cc1)C(N)=O. The zero-order valence-corrected chi connectivity index (χ0v) is 12.6. The normalized spacial score (nSPS) is 13.4. The summed E-state index contributed by atoms with van der Waals surface area (Å²) in [6, 6.07) is 18.0. The van der Waals surface area contributed by atoms with Crippen molar-refractivity contribution in [1.29, 1.82) is 0 Å². The highest BCUT2D eigenvalue weighted by molar-refractivity contribution is 5.88. The van der Waals surface area contributed by atoms with Gasteiger partial charge in [0.2, 0.25) is 5.91 Å². The Morgan fingerprint density at radius 1 is 1.10 bits per heavy atom. The van der Waals surface area contributed by atoms with Crippen LogP contribution in [0.2, 0.25) is 0 Å². The minimum Gasteiger partial charge on any atom is -0.371 e. The topological polar surface area (TPSA) is 55.1 Å². The maximum atomic E-state index is 12.1. The molecule has 3 heteroatoms. The van der Waals surface area contributed by atoms with Crippen molar-refractivity contribution in [1.82, 2.24) is 0 Å². The quantitative estimate of drug-likeness (QED) is 0.854. The Labute approximate surface area is 126 Å². The molecule has 0 radical (unpaired) electrons. The van der Waals surface area contributed by atoms with E-state index in [1.54, 1.807) is 0 Å². The lowest BCUT2D eigenvalue weighted by Crippen LogP contribution is -2.51. The average Bonchev–Trinajstić information content (AvgIpc) is 2.49. The van der Waals surface area contributed by atoms with E-state index in [0.29, 0.717) is 12.8 Å². The molecule has 0 fully saturated rings. The lowest BCUT2D eigenvalue weighted by molar-refractivity contribution is -0.122. The van der Waals surface area contributed by atoms with Crippen LogP contribution in [0.25, 0.3) is 0 Å². The molecule has 0 spiro atoms. The van der Waals surface area contributed by atoms with Crippen LogP contribution in [0, 0.1) is 6.92 Å². The molecule has 1 amide bonds. The molecule has 110 valence electrons. The molecule has 3 N–H and O–H groups in total. The van der Waals surface area contributed by atoms with Crippen molar-refractivity contribution in [2.24, 2.45) is 5.73 Å². The third-order valence-corrected chi connectivity index (χ3v) is 3.86. The highest BCUT2D eigenvalue weighted by Gasteiger charge is 2.34. The number of anilines is 1. The van der Waals surface area contributed by atoms with E-state index in [0.717, 1.165) is 11.3 Å². The zero-order chi connectivity index (χ0) is 15.3. The van der Waals surface area contributed by atoms with Crippen LogP contribution in [-0.2, 0) is 11.2 Å². The molecule has 0 saturated heterocycles. The number of hydrogen-bond donors (Lipinski definition) is 2. The van der Waals surface area contributed by atoms with Crippen LogP contribution < -0.4 is 11.1 Å². The van der Waals surface area contributed by atoms with E-state index in [1.165, 1.54) is 5.56 Å². The third kappa shape index (κ3) is 3.63. The van der Waals surface area contributed by atoms with Gasteiger partial charge in [-0.15, -0.1) is 0 Å².